The van der Waals surface area contributed by atoms with Crippen molar-refractivity contribution < 1.29 is 8.42 Å². The molecule has 0 bridgehead atoms. The summed E-state index contributed by atoms with van der Waals surface area (Å²) >= 11 is 0. The molecule has 3 rings (SSSR count). The summed E-state index contributed by atoms with van der Waals surface area (Å²) in [7, 11) is -2.81. The first-order chi connectivity index (χ1) is 11.0. The van der Waals surface area contributed by atoms with Crippen LogP contribution < -0.4 is 10.6 Å². The lowest BCUT2D eigenvalue weighted by molar-refractivity contribution is 0.256. The molecule has 0 radical (unpaired) electrons. The number of nitrogens with one attached hydrogen (secondary N) is 2. The number of sulfone groups is 1. The van der Waals surface area contributed by atoms with Crippen molar-refractivity contribution in [3.05, 3.63) is 0 Å². The average Bonchev–Trinajstić information content (AvgIpc) is 3.17. The van der Waals surface area contributed by atoms with Gasteiger partial charge >= 0.3 is 0 Å². The Hall–Kier alpha value is -0.0900. The minimum atomic E-state index is -2.81. The van der Waals surface area contributed by atoms with Gasteiger partial charge in [-0.3, -0.25) is 9.89 Å². The molecular weight excluding hydrogens is 439 g/mol. The Labute approximate surface area is 163 Å². The molecule has 0 aromatic carbocycles. The van der Waals surface area contributed by atoms with E-state index < -0.39 is 9.84 Å². The minimum Gasteiger partial charge on any atom is -0.357 e. The number of halogens is 1. The maximum Gasteiger partial charge on any atom is 0.191 e. The van der Waals surface area contributed by atoms with Gasteiger partial charge in [-0.2, -0.15) is 0 Å². The first-order valence-electron chi connectivity index (χ1n) is 8.98. The number of guanidine groups is 1. The monoisotopic (exact) mass is 470 g/mol. The fourth-order valence-electron chi connectivity index (χ4n) is 3.83. The van der Waals surface area contributed by atoms with Crippen molar-refractivity contribution in [2.75, 3.05) is 31.1 Å². The van der Waals surface area contributed by atoms with Crippen molar-refractivity contribution in [2.45, 2.75) is 57.7 Å². The topological polar surface area (TPSA) is 73.8 Å². The highest BCUT2D eigenvalue weighted by atomic mass is 127. The van der Waals surface area contributed by atoms with E-state index in [1.165, 1.54) is 12.8 Å². The van der Waals surface area contributed by atoms with Crippen molar-refractivity contribution in [3.63, 3.8) is 0 Å². The van der Waals surface area contributed by atoms with Crippen LogP contribution >= 0.6 is 24.0 Å². The molecule has 3 fully saturated rings. The zero-order valence-corrected chi connectivity index (χ0v) is 17.8. The summed E-state index contributed by atoms with van der Waals surface area (Å²) in [5.74, 6) is 1.65. The third-order valence-electron chi connectivity index (χ3n) is 5.16. The van der Waals surface area contributed by atoms with Crippen LogP contribution in [0.4, 0.5) is 0 Å². The van der Waals surface area contributed by atoms with E-state index in [9.17, 15) is 8.42 Å². The molecule has 2 aliphatic heterocycles. The summed E-state index contributed by atoms with van der Waals surface area (Å²) in [5, 5.41) is 6.85. The van der Waals surface area contributed by atoms with Gasteiger partial charge in [0.05, 0.1) is 11.5 Å². The van der Waals surface area contributed by atoms with Crippen LogP contribution in [0.1, 0.15) is 39.5 Å². The second kappa shape index (κ2) is 8.53. The summed E-state index contributed by atoms with van der Waals surface area (Å²) in [6.07, 6.45) is 4.60. The van der Waals surface area contributed by atoms with Crippen molar-refractivity contribution in [3.8, 4) is 0 Å². The largest absolute Gasteiger partial charge is 0.357 e. The van der Waals surface area contributed by atoms with Crippen molar-refractivity contribution in [2.24, 2.45) is 10.9 Å². The van der Waals surface area contributed by atoms with E-state index in [0.717, 1.165) is 37.9 Å². The van der Waals surface area contributed by atoms with Crippen LogP contribution in [0.5, 0.6) is 0 Å². The second-order valence-electron chi connectivity index (χ2n) is 7.34. The standard InChI is InChI=1S/C16H30N4O2S.HI/c1-3-17-16(18-9-13-6-7-23(21,22)11-13)19-14-8-12(2)20(10-14)15-4-5-15;/h12-15H,3-11H2,1-2H3,(H2,17,18,19);1H. The molecule has 24 heavy (non-hydrogen) atoms. The van der Waals surface area contributed by atoms with Crippen molar-refractivity contribution in [1.29, 1.82) is 0 Å². The van der Waals surface area contributed by atoms with Crippen LogP contribution in [0.3, 0.4) is 0 Å². The number of rotatable bonds is 5. The van der Waals surface area contributed by atoms with Gasteiger partial charge in [0.25, 0.3) is 0 Å². The van der Waals surface area contributed by atoms with Gasteiger partial charge in [-0.1, -0.05) is 0 Å². The van der Waals surface area contributed by atoms with Crippen LogP contribution in [0.15, 0.2) is 4.99 Å². The fraction of sp³-hybridized carbons (Fsp3) is 0.938. The highest BCUT2D eigenvalue weighted by Gasteiger charge is 2.39. The van der Waals surface area contributed by atoms with E-state index in [-0.39, 0.29) is 29.9 Å². The SMILES string of the molecule is CCNC(=NCC1CCS(=O)(=O)C1)NC1CC(C)N(C2CC2)C1.I. The van der Waals surface area contributed by atoms with Crippen LogP contribution in [0.2, 0.25) is 0 Å². The third-order valence-corrected chi connectivity index (χ3v) is 7.00. The van der Waals surface area contributed by atoms with Crippen LogP contribution in [-0.4, -0.2) is 68.5 Å². The molecule has 3 unspecified atom stereocenters. The number of likely N-dealkylation sites (tertiary alicyclic amines) is 1. The number of aliphatic imine (C=N–C) groups is 1. The molecule has 0 spiro atoms. The Kier molecular flexibility index (Phi) is 7.19. The van der Waals surface area contributed by atoms with Crippen molar-refractivity contribution >= 4 is 39.8 Å². The van der Waals surface area contributed by atoms with E-state index in [1.54, 1.807) is 0 Å². The Morgan fingerprint density at radius 1 is 1.29 bits per heavy atom. The van der Waals surface area contributed by atoms with Gasteiger partial charge in [0.1, 0.15) is 0 Å². The van der Waals surface area contributed by atoms with E-state index in [1.807, 2.05) is 0 Å². The van der Waals surface area contributed by atoms with Crippen LogP contribution in [0, 0.1) is 5.92 Å². The molecule has 2 heterocycles. The number of nitrogens with zero attached hydrogens (tertiary/aromatic N) is 2. The predicted molar refractivity (Wildman–Crippen MR) is 109 cm³/mol. The van der Waals surface area contributed by atoms with Crippen LogP contribution in [-0.2, 0) is 9.84 Å². The van der Waals surface area contributed by atoms with E-state index in [0.29, 0.717) is 30.1 Å². The Morgan fingerprint density at radius 2 is 2.04 bits per heavy atom. The molecule has 0 aromatic heterocycles. The summed E-state index contributed by atoms with van der Waals surface area (Å²) in [5.41, 5.74) is 0. The molecule has 6 nitrogen and oxygen atoms in total. The first kappa shape index (κ1) is 20.2. The molecule has 8 heteroatoms. The van der Waals surface area contributed by atoms with Crippen LogP contribution in [0.25, 0.3) is 0 Å². The van der Waals surface area contributed by atoms with E-state index in [4.69, 9.17) is 0 Å². The highest BCUT2D eigenvalue weighted by molar-refractivity contribution is 14.0. The van der Waals surface area contributed by atoms with Crippen molar-refractivity contribution in [1.82, 2.24) is 15.5 Å². The van der Waals surface area contributed by atoms with E-state index >= 15 is 0 Å². The van der Waals surface area contributed by atoms with Gasteiger partial charge in [0, 0.05) is 37.8 Å². The minimum absolute atomic E-state index is 0. The Balaban J connectivity index is 0.00000208. The van der Waals surface area contributed by atoms with Gasteiger partial charge in [-0.05, 0) is 45.4 Å². The lowest BCUT2D eigenvalue weighted by Gasteiger charge is -2.20. The normalized spacial score (nSPS) is 33.2. The molecule has 3 atom stereocenters. The fourth-order valence-corrected chi connectivity index (χ4v) is 5.68. The Bertz CT molecular complexity index is 550. The maximum absolute atomic E-state index is 11.5. The molecule has 3 aliphatic rings. The number of hydrogen-bond acceptors (Lipinski definition) is 4. The average molecular weight is 470 g/mol. The molecule has 0 amide bonds. The third kappa shape index (κ3) is 5.45. The summed E-state index contributed by atoms with van der Waals surface area (Å²) < 4.78 is 23.1. The Morgan fingerprint density at radius 3 is 2.62 bits per heavy atom. The predicted octanol–water partition coefficient (Wildman–Crippen LogP) is 1.22. The highest BCUT2D eigenvalue weighted by Crippen LogP contribution is 2.33. The molecule has 1 saturated carbocycles. The van der Waals surface area contributed by atoms with Gasteiger partial charge < -0.3 is 10.6 Å². The van der Waals surface area contributed by atoms with Gasteiger partial charge in [-0.25, -0.2) is 8.42 Å². The second-order valence-corrected chi connectivity index (χ2v) is 9.57. The van der Waals surface area contributed by atoms with Gasteiger partial charge in [-0.15, -0.1) is 24.0 Å². The van der Waals surface area contributed by atoms with Gasteiger partial charge in [0.2, 0.25) is 0 Å². The zero-order chi connectivity index (χ0) is 16.4. The molecule has 2 saturated heterocycles. The lowest BCUT2D eigenvalue weighted by Crippen LogP contribution is -2.45. The zero-order valence-electron chi connectivity index (χ0n) is 14.7. The molecule has 1 aliphatic carbocycles. The van der Waals surface area contributed by atoms with E-state index in [2.05, 4.69) is 34.4 Å². The summed E-state index contributed by atoms with van der Waals surface area (Å²) in [6.45, 7) is 6.89. The maximum atomic E-state index is 11.5. The molecular formula is C16H31IN4O2S. The van der Waals surface area contributed by atoms with Gasteiger partial charge in [0.15, 0.2) is 15.8 Å². The molecule has 0 aromatic rings. The quantitative estimate of drug-likeness (QED) is 0.359. The smallest absolute Gasteiger partial charge is 0.191 e. The molecule has 2 N–H and O–H groups in total. The first-order valence-corrected chi connectivity index (χ1v) is 10.8. The number of hydrogen-bond donors (Lipinski definition) is 2. The lowest BCUT2D eigenvalue weighted by atomic mass is 10.1. The molecule has 140 valence electrons. The summed E-state index contributed by atoms with van der Waals surface area (Å²) in [6, 6.07) is 1.89. The summed E-state index contributed by atoms with van der Waals surface area (Å²) in [4.78, 5) is 7.26.